The molecule has 0 bridgehead atoms. The minimum absolute atomic E-state index is 0.674. The summed E-state index contributed by atoms with van der Waals surface area (Å²) in [5.41, 5.74) is 0.974. The molecule has 0 aromatic carbocycles. The molecule has 1 heterocycles. The Balaban J connectivity index is 2.19. The van der Waals surface area contributed by atoms with Gasteiger partial charge in [-0.3, -0.25) is 0 Å². The molecule has 1 aliphatic rings. The monoisotopic (exact) mass is 136 g/mol. The zero-order valence-corrected chi connectivity index (χ0v) is 5.84. The molecule has 1 aliphatic carbocycles. The molecule has 2 heteroatoms. The topological polar surface area (TPSA) is 26.0 Å². The molecule has 0 spiro atoms. The predicted molar refractivity (Wildman–Crippen MR) is 37.5 cm³/mol. The molecule has 0 unspecified atom stereocenters. The number of hydrogen-bond acceptors (Lipinski definition) is 2. The molecule has 1 aromatic rings. The van der Waals surface area contributed by atoms with E-state index in [1.54, 1.807) is 0 Å². The van der Waals surface area contributed by atoms with Crippen molar-refractivity contribution in [1.82, 2.24) is 5.16 Å². The Morgan fingerprint density at radius 3 is 3.00 bits per heavy atom. The molecule has 2 nitrogen and oxygen atoms in total. The average molecular weight is 136 g/mol. The van der Waals surface area contributed by atoms with Crippen LogP contribution in [0.25, 0.3) is 0 Å². The molecular weight excluding hydrogens is 126 g/mol. The normalized spacial score (nSPS) is 17.7. The van der Waals surface area contributed by atoms with Crippen molar-refractivity contribution in [3.05, 3.63) is 24.4 Å². The average Bonchev–Trinajstić information content (AvgIpc) is 2.70. The van der Waals surface area contributed by atoms with Crippen LogP contribution in [-0.2, 0) is 6.42 Å². The first-order valence-electron chi connectivity index (χ1n) is 3.65. The van der Waals surface area contributed by atoms with E-state index in [2.05, 4.69) is 12.1 Å². The summed E-state index contributed by atoms with van der Waals surface area (Å²) in [5.74, 6) is 1.73. The van der Waals surface area contributed by atoms with Crippen LogP contribution in [0.3, 0.4) is 0 Å². The number of rotatable bonds is 2. The molecule has 1 saturated carbocycles. The van der Waals surface area contributed by atoms with Crippen molar-refractivity contribution >= 4 is 0 Å². The van der Waals surface area contributed by atoms with Gasteiger partial charge in [0.25, 0.3) is 0 Å². The lowest BCUT2D eigenvalue weighted by atomic mass is 10.2. The highest BCUT2D eigenvalue weighted by Crippen LogP contribution is 2.40. The molecule has 10 heavy (non-hydrogen) atoms. The van der Waals surface area contributed by atoms with Crippen LogP contribution in [0.5, 0.6) is 0 Å². The van der Waals surface area contributed by atoms with E-state index < -0.39 is 0 Å². The van der Waals surface area contributed by atoms with Gasteiger partial charge in [-0.1, -0.05) is 5.16 Å². The van der Waals surface area contributed by atoms with Crippen molar-refractivity contribution < 1.29 is 4.52 Å². The summed E-state index contributed by atoms with van der Waals surface area (Å²) in [4.78, 5) is 0. The van der Waals surface area contributed by atoms with Crippen molar-refractivity contribution in [3.8, 4) is 0 Å². The molecule has 1 radical (unpaired) electrons. The fraction of sp³-hybridized carbons (Fsp3) is 0.500. The Morgan fingerprint density at radius 2 is 2.50 bits per heavy atom. The highest BCUT2D eigenvalue weighted by molar-refractivity contribution is 5.14. The maximum Gasteiger partial charge on any atom is 0.140 e. The first-order valence-corrected chi connectivity index (χ1v) is 3.65. The molecule has 0 amide bonds. The molecule has 1 aromatic heterocycles. The second-order valence-electron chi connectivity index (χ2n) is 2.74. The minimum Gasteiger partial charge on any atom is -0.361 e. The summed E-state index contributed by atoms with van der Waals surface area (Å²) in [6.07, 6.45) is 3.27. The Labute approximate surface area is 60.2 Å². The summed E-state index contributed by atoms with van der Waals surface area (Å²) in [7, 11) is 0. The Bertz CT molecular complexity index is 225. The molecule has 53 valence electrons. The van der Waals surface area contributed by atoms with E-state index in [1.165, 1.54) is 12.8 Å². The summed E-state index contributed by atoms with van der Waals surface area (Å²) in [6.45, 7) is 3.73. The van der Waals surface area contributed by atoms with Gasteiger partial charge in [-0.2, -0.15) is 0 Å². The summed E-state index contributed by atoms with van der Waals surface area (Å²) in [6, 6.07) is 2.02. The number of nitrogens with zero attached hydrogens (tertiary/aromatic N) is 1. The highest BCUT2D eigenvalue weighted by atomic mass is 16.5. The van der Waals surface area contributed by atoms with E-state index in [-0.39, 0.29) is 0 Å². The van der Waals surface area contributed by atoms with Gasteiger partial charge in [0.2, 0.25) is 0 Å². The fourth-order valence-electron chi connectivity index (χ4n) is 1.01. The van der Waals surface area contributed by atoms with Crippen molar-refractivity contribution in [3.63, 3.8) is 0 Å². The van der Waals surface area contributed by atoms with Gasteiger partial charge in [-0.15, -0.1) is 0 Å². The lowest BCUT2D eigenvalue weighted by Gasteiger charge is -1.80. The summed E-state index contributed by atoms with van der Waals surface area (Å²) in [5, 5.41) is 3.86. The van der Waals surface area contributed by atoms with Gasteiger partial charge in [-0.05, 0) is 26.2 Å². The predicted octanol–water partition coefficient (Wildman–Crippen LogP) is 1.93. The van der Waals surface area contributed by atoms with Crippen LogP contribution in [-0.4, -0.2) is 5.16 Å². The highest BCUT2D eigenvalue weighted by Gasteiger charge is 2.27. The third-order valence-corrected chi connectivity index (χ3v) is 1.81. The first kappa shape index (κ1) is 5.96. The van der Waals surface area contributed by atoms with Crippen molar-refractivity contribution in [1.29, 1.82) is 0 Å². The van der Waals surface area contributed by atoms with Crippen molar-refractivity contribution in [2.45, 2.75) is 25.2 Å². The molecule has 0 saturated heterocycles. The molecule has 0 atom stereocenters. The van der Waals surface area contributed by atoms with E-state index in [1.807, 2.05) is 6.07 Å². The molecular formula is C8H10NO. The maximum absolute atomic E-state index is 5.09. The van der Waals surface area contributed by atoms with Crippen molar-refractivity contribution in [2.75, 3.05) is 0 Å². The Hall–Kier alpha value is -0.790. The van der Waals surface area contributed by atoms with Crippen LogP contribution in [0.2, 0.25) is 0 Å². The van der Waals surface area contributed by atoms with Crippen LogP contribution >= 0.6 is 0 Å². The fourth-order valence-corrected chi connectivity index (χ4v) is 1.01. The SMILES string of the molecule is [CH2]Cc1cc(C2CC2)on1. The zero-order chi connectivity index (χ0) is 6.97. The molecule has 2 rings (SSSR count). The molecule has 0 aliphatic heterocycles. The van der Waals surface area contributed by atoms with E-state index in [9.17, 15) is 0 Å². The van der Waals surface area contributed by atoms with Gasteiger partial charge in [0.15, 0.2) is 0 Å². The van der Waals surface area contributed by atoms with Gasteiger partial charge >= 0.3 is 0 Å². The second-order valence-corrected chi connectivity index (χ2v) is 2.74. The van der Waals surface area contributed by atoms with E-state index in [0.717, 1.165) is 17.9 Å². The van der Waals surface area contributed by atoms with Crippen LogP contribution < -0.4 is 0 Å². The third kappa shape index (κ3) is 0.939. The lowest BCUT2D eigenvalue weighted by Crippen LogP contribution is -1.74. The van der Waals surface area contributed by atoms with Crippen molar-refractivity contribution in [2.24, 2.45) is 0 Å². The van der Waals surface area contributed by atoms with Gasteiger partial charge in [0.1, 0.15) is 5.76 Å². The number of hydrogen-bond donors (Lipinski definition) is 0. The maximum atomic E-state index is 5.09. The number of aromatic nitrogens is 1. The van der Waals surface area contributed by atoms with Crippen LogP contribution in [0.4, 0.5) is 0 Å². The largest absolute Gasteiger partial charge is 0.361 e. The summed E-state index contributed by atoms with van der Waals surface area (Å²) < 4.78 is 5.09. The van der Waals surface area contributed by atoms with Crippen LogP contribution in [0.1, 0.15) is 30.2 Å². The minimum atomic E-state index is 0.674. The van der Waals surface area contributed by atoms with E-state index in [0.29, 0.717) is 5.92 Å². The van der Waals surface area contributed by atoms with Gasteiger partial charge < -0.3 is 4.52 Å². The first-order chi connectivity index (χ1) is 4.90. The second kappa shape index (κ2) is 2.11. The molecule has 0 N–H and O–H groups in total. The Kier molecular flexibility index (Phi) is 1.26. The van der Waals surface area contributed by atoms with Crippen LogP contribution in [0, 0.1) is 6.92 Å². The van der Waals surface area contributed by atoms with Gasteiger partial charge in [0, 0.05) is 12.0 Å². The van der Waals surface area contributed by atoms with Gasteiger partial charge in [0.05, 0.1) is 5.69 Å². The zero-order valence-electron chi connectivity index (χ0n) is 5.84. The third-order valence-electron chi connectivity index (χ3n) is 1.81. The smallest absolute Gasteiger partial charge is 0.140 e. The van der Waals surface area contributed by atoms with E-state index in [4.69, 9.17) is 4.52 Å². The quantitative estimate of drug-likeness (QED) is 0.620. The summed E-state index contributed by atoms with van der Waals surface area (Å²) >= 11 is 0. The van der Waals surface area contributed by atoms with E-state index >= 15 is 0 Å². The van der Waals surface area contributed by atoms with Crippen LogP contribution in [0.15, 0.2) is 10.6 Å². The molecule has 1 fully saturated rings. The lowest BCUT2D eigenvalue weighted by molar-refractivity contribution is 0.379. The van der Waals surface area contributed by atoms with Gasteiger partial charge in [-0.25, -0.2) is 0 Å². The Morgan fingerprint density at radius 1 is 1.70 bits per heavy atom. The standard InChI is InChI=1S/C8H10NO/c1-2-7-5-8(10-9-7)6-3-4-6/h5-6H,1-4H2.